The number of Topliss-reactive ketones (excluding diaryl/α,β-unsaturated/α-hetero) is 1. The van der Waals surface area contributed by atoms with E-state index in [1.54, 1.807) is 0 Å². The van der Waals surface area contributed by atoms with Gasteiger partial charge in [0.05, 0.1) is 6.61 Å². The van der Waals surface area contributed by atoms with Crippen molar-refractivity contribution in [3.05, 3.63) is 83.2 Å². The third kappa shape index (κ3) is 3.37. The molecule has 0 bridgehead atoms. The highest BCUT2D eigenvalue weighted by molar-refractivity contribution is 5.94. The summed E-state index contributed by atoms with van der Waals surface area (Å²) in [7, 11) is 0. The molecule has 0 N–H and O–H groups in total. The first kappa shape index (κ1) is 18.9. The molecule has 0 radical (unpaired) electrons. The number of benzene rings is 2. The summed E-state index contributed by atoms with van der Waals surface area (Å²) in [4.78, 5) is 12.4. The maximum Gasteiger partial charge on any atom is 0.244 e. The highest BCUT2D eigenvalue weighted by Crippen LogP contribution is 2.39. The van der Waals surface area contributed by atoms with Crippen molar-refractivity contribution in [3.8, 4) is 5.75 Å². The molecule has 5 rings (SSSR count). The molecule has 4 nitrogen and oxygen atoms in total. The van der Waals surface area contributed by atoms with Gasteiger partial charge in [-0.1, -0.05) is 6.07 Å². The zero-order valence-electron chi connectivity index (χ0n) is 15.3. The first-order valence-electron chi connectivity index (χ1n) is 9.31. The van der Waals surface area contributed by atoms with Crippen molar-refractivity contribution < 1.29 is 35.5 Å². The van der Waals surface area contributed by atoms with Crippen molar-refractivity contribution in [2.45, 2.75) is 31.8 Å². The number of halogens is 2. The quantitative estimate of drug-likeness (QED) is 0.429. The molecule has 2 heterocycles. The summed E-state index contributed by atoms with van der Waals surface area (Å²) in [5.41, 5.74) is 4.58. The van der Waals surface area contributed by atoms with E-state index < -0.39 is 0 Å². The van der Waals surface area contributed by atoms with Gasteiger partial charge in [0.25, 0.3) is 0 Å². The lowest BCUT2D eigenvalue weighted by atomic mass is 10.0. The fourth-order valence-corrected chi connectivity index (χ4v) is 4.16. The first-order chi connectivity index (χ1) is 13.2. The van der Waals surface area contributed by atoms with Gasteiger partial charge in [-0.2, -0.15) is 0 Å². The van der Waals surface area contributed by atoms with Crippen molar-refractivity contribution in [1.29, 1.82) is 0 Å². The number of rotatable bonds is 4. The van der Waals surface area contributed by atoms with Gasteiger partial charge in [0.2, 0.25) is 12.1 Å². The van der Waals surface area contributed by atoms with E-state index in [2.05, 4.69) is 16.7 Å². The number of aromatic nitrogens is 2. The van der Waals surface area contributed by atoms with Gasteiger partial charge in [0, 0.05) is 17.5 Å². The average molecular weight is 443 g/mol. The van der Waals surface area contributed by atoms with Gasteiger partial charge in [-0.05, 0) is 54.3 Å². The smallest absolute Gasteiger partial charge is 0.244 e. The van der Waals surface area contributed by atoms with E-state index in [0.717, 1.165) is 31.6 Å². The maximum atomic E-state index is 13.0. The van der Waals surface area contributed by atoms with Crippen LogP contribution in [0.25, 0.3) is 0 Å². The lowest BCUT2D eigenvalue weighted by molar-refractivity contribution is -0.682. The molecule has 0 saturated heterocycles. The molecule has 2 aromatic carbocycles. The number of ketones is 1. The Morgan fingerprint density at radius 3 is 2.82 bits per heavy atom. The number of hydrogen-bond donors (Lipinski definition) is 0. The van der Waals surface area contributed by atoms with E-state index in [0.29, 0.717) is 5.56 Å². The Balaban J connectivity index is 0.00000192. The van der Waals surface area contributed by atoms with Crippen molar-refractivity contribution in [1.82, 2.24) is 4.57 Å². The maximum absolute atomic E-state index is 13.0. The Labute approximate surface area is 173 Å². The van der Waals surface area contributed by atoms with E-state index in [4.69, 9.17) is 4.74 Å². The van der Waals surface area contributed by atoms with Crippen LogP contribution < -0.4 is 26.3 Å². The molecule has 1 aliphatic heterocycles. The van der Waals surface area contributed by atoms with Crippen molar-refractivity contribution in [2.24, 2.45) is 0 Å². The monoisotopic (exact) mass is 442 g/mol. The molecule has 3 aromatic rings. The Kier molecular flexibility index (Phi) is 5.06. The van der Waals surface area contributed by atoms with Gasteiger partial charge in [-0.25, -0.2) is 13.5 Å². The normalized spacial score (nSPS) is 16.8. The first-order valence-corrected chi connectivity index (χ1v) is 9.31. The molecule has 1 aromatic heterocycles. The van der Waals surface area contributed by atoms with Crippen LogP contribution in [-0.2, 0) is 19.4 Å². The topological polar surface area (TPSA) is 35.1 Å². The summed E-state index contributed by atoms with van der Waals surface area (Å²) in [6.07, 6.45) is 9.05. The Morgan fingerprint density at radius 1 is 1.18 bits per heavy atom. The predicted molar refractivity (Wildman–Crippen MR) is 97.5 cm³/mol. The zero-order chi connectivity index (χ0) is 18.4. The molecular weight excluding hydrogens is 423 g/mol. The van der Waals surface area contributed by atoms with Gasteiger partial charge in [0.1, 0.15) is 30.0 Å². The Morgan fingerprint density at radius 2 is 2.00 bits per heavy atom. The van der Waals surface area contributed by atoms with E-state index in [9.17, 15) is 9.18 Å². The van der Waals surface area contributed by atoms with Gasteiger partial charge >= 0.3 is 0 Å². The second-order valence-electron chi connectivity index (χ2n) is 7.27. The summed E-state index contributed by atoms with van der Waals surface area (Å²) in [6, 6.07) is 10.5. The largest absolute Gasteiger partial charge is 1.00 e. The molecule has 0 saturated carbocycles. The van der Waals surface area contributed by atoms with Crippen LogP contribution in [0.15, 0.2) is 55.1 Å². The molecule has 2 aliphatic rings. The Hall–Kier alpha value is -2.47. The molecule has 144 valence electrons. The summed E-state index contributed by atoms with van der Waals surface area (Å²) in [5.74, 6) is 0.656. The second kappa shape index (κ2) is 7.51. The zero-order valence-corrected chi connectivity index (χ0v) is 16.9. The second-order valence-corrected chi connectivity index (χ2v) is 7.27. The minimum absolute atomic E-state index is 0. The van der Waals surface area contributed by atoms with E-state index >= 15 is 0 Å². The van der Waals surface area contributed by atoms with E-state index in [1.165, 1.54) is 41.0 Å². The van der Waals surface area contributed by atoms with Crippen LogP contribution in [-0.4, -0.2) is 17.0 Å². The lowest BCUT2D eigenvalue weighted by Crippen LogP contribution is -3.00. The predicted octanol–water partition coefficient (Wildman–Crippen LogP) is 0.272. The standard InChI is InChI=1S/C22H20FN2O2.BrH/c23-18-4-1-15(2-5-18)21(26)13-24-8-9-25(14-24)20-6-3-16-11-17-7-10-27-22(17)12-19(16)20;/h1-2,4-5,8-9,11-12,14,20H,3,6-7,10,13H2;1H/q+1;/p-1. The van der Waals surface area contributed by atoms with Crippen molar-refractivity contribution >= 4 is 5.78 Å². The molecule has 1 aliphatic carbocycles. The molecular formula is C22H20BrFN2O2. The fraction of sp³-hybridized carbons (Fsp3) is 0.273. The third-order valence-corrected chi connectivity index (χ3v) is 5.56. The number of hydrogen-bond acceptors (Lipinski definition) is 2. The summed E-state index contributed by atoms with van der Waals surface area (Å²) in [5, 5.41) is 0. The van der Waals surface area contributed by atoms with Crippen molar-refractivity contribution in [2.75, 3.05) is 6.61 Å². The van der Waals surface area contributed by atoms with Crippen LogP contribution in [0.3, 0.4) is 0 Å². The molecule has 6 heteroatoms. The van der Waals surface area contributed by atoms with Crippen LogP contribution in [0.1, 0.15) is 39.5 Å². The minimum atomic E-state index is -0.333. The van der Waals surface area contributed by atoms with Crippen LogP contribution in [0.4, 0.5) is 4.39 Å². The van der Waals surface area contributed by atoms with Crippen LogP contribution >= 0.6 is 0 Å². The van der Waals surface area contributed by atoms with Crippen LogP contribution in [0.5, 0.6) is 5.75 Å². The molecule has 1 unspecified atom stereocenters. The number of aryl methyl sites for hydroxylation is 1. The van der Waals surface area contributed by atoms with Gasteiger partial charge < -0.3 is 21.7 Å². The number of ether oxygens (including phenoxy) is 1. The van der Waals surface area contributed by atoms with E-state index in [-0.39, 0.29) is 41.2 Å². The highest BCUT2D eigenvalue weighted by Gasteiger charge is 2.30. The molecule has 0 spiro atoms. The van der Waals surface area contributed by atoms with E-state index in [1.807, 2.05) is 23.3 Å². The lowest BCUT2D eigenvalue weighted by Gasteiger charge is -2.09. The van der Waals surface area contributed by atoms with Gasteiger partial charge in [0.15, 0.2) is 6.54 Å². The summed E-state index contributed by atoms with van der Waals surface area (Å²) >= 11 is 0. The van der Waals surface area contributed by atoms with Gasteiger partial charge in [-0.3, -0.25) is 4.79 Å². The third-order valence-electron chi connectivity index (χ3n) is 5.56. The number of fused-ring (bicyclic) bond motifs is 2. The van der Waals surface area contributed by atoms with Gasteiger partial charge in [-0.15, -0.1) is 0 Å². The fourth-order valence-electron chi connectivity index (χ4n) is 4.16. The number of carbonyl (C=O) groups excluding carboxylic acids is 1. The average Bonchev–Trinajstić information content (AvgIpc) is 3.39. The minimum Gasteiger partial charge on any atom is -1.00 e. The summed E-state index contributed by atoms with van der Waals surface area (Å²) < 4.78 is 22.8. The molecule has 0 fully saturated rings. The summed E-state index contributed by atoms with van der Waals surface area (Å²) in [6.45, 7) is 1.02. The number of nitrogens with zero attached hydrogens (tertiary/aromatic N) is 2. The van der Waals surface area contributed by atoms with Crippen LogP contribution in [0, 0.1) is 5.82 Å². The highest BCUT2D eigenvalue weighted by atomic mass is 79.9. The molecule has 1 atom stereocenters. The SMILES string of the molecule is O=C(C[n+]1ccn(C2CCc3cc4c(cc32)OCC4)c1)c1ccc(F)cc1.[Br-]. The van der Waals surface area contributed by atoms with Crippen LogP contribution in [0.2, 0.25) is 0 Å². The van der Waals surface area contributed by atoms with Crippen molar-refractivity contribution in [3.63, 3.8) is 0 Å². The Bertz CT molecular complexity index is 1030. The molecule has 0 amide bonds. The number of imidazole rings is 1. The number of carbonyl (C=O) groups is 1. The molecule has 28 heavy (non-hydrogen) atoms.